The highest BCUT2D eigenvalue weighted by Crippen LogP contribution is 2.47. The minimum Gasteiger partial charge on any atom is -0.369 e. The van der Waals surface area contributed by atoms with Crippen LogP contribution in [0.25, 0.3) is 11.1 Å². The Balaban J connectivity index is 1.83. The quantitative estimate of drug-likeness (QED) is 0.686. The number of benzene rings is 2. The summed E-state index contributed by atoms with van der Waals surface area (Å²) in [6.45, 7) is 1.91. The summed E-state index contributed by atoms with van der Waals surface area (Å²) in [7, 11) is 1.62. The van der Waals surface area contributed by atoms with Crippen LogP contribution < -0.4 is 5.73 Å². The molecule has 1 amide bonds. The molecule has 6 nitrogen and oxygen atoms in total. The van der Waals surface area contributed by atoms with Gasteiger partial charge in [-0.15, -0.1) is 11.3 Å². The molecule has 1 aliphatic heterocycles. The third-order valence-electron chi connectivity index (χ3n) is 5.63. The summed E-state index contributed by atoms with van der Waals surface area (Å²) in [5, 5.41) is 20.3. The summed E-state index contributed by atoms with van der Waals surface area (Å²) < 4.78 is 0. The van der Waals surface area contributed by atoms with E-state index in [1.807, 2.05) is 36.6 Å². The monoisotopic (exact) mass is 425 g/mol. The molecule has 0 spiro atoms. The van der Waals surface area contributed by atoms with E-state index in [0.29, 0.717) is 11.1 Å². The number of nitrogens with zero attached hydrogens (tertiary/aromatic N) is 4. The van der Waals surface area contributed by atoms with Gasteiger partial charge in [0.2, 0.25) is 5.91 Å². The third-order valence-corrected chi connectivity index (χ3v) is 6.78. The van der Waals surface area contributed by atoms with Crippen LogP contribution in [-0.4, -0.2) is 23.8 Å². The minimum absolute atomic E-state index is 0.152. The largest absolute Gasteiger partial charge is 0.369 e. The molecule has 0 saturated heterocycles. The van der Waals surface area contributed by atoms with Gasteiger partial charge in [0.05, 0.1) is 29.2 Å². The van der Waals surface area contributed by atoms with Gasteiger partial charge >= 0.3 is 0 Å². The van der Waals surface area contributed by atoms with Gasteiger partial charge in [-0.2, -0.15) is 10.5 Å². The van der Waals surface area contributed by atoms with E-state index in [4.69, 9.17) is 16.0 Å². The molecule has 7 heteroatoms. The van der Waals surface area contributed by atoms with E-state index in [9.17, 15) is 10.1 Å². The maximum Gasteiger partial charge on any atom is 0.239 e. The number of hydrogen-bond acceptors (Lipinski definition) is 6. The second-order valence-electron chi connectivity index (χ2n) is 7.57. The average Bonchev–Trinajstić information content (AvgIpc) is 3.29. The number of likely N-dealkylation sites (N-methyl/N-ethyl adjacent to an activating group) is 1. The molecule has 0 unspecified atom stereocenters. The van der Waals surface area contributed by atoms with Crippen molar-refractivity contribution in [1.29, 1.82) is 10.5 Å². The first-order valence-corrected chi connectivity index (χ1v) is 10.5. The lowest BCUT2D eigenvalue weighted by Gasteiger charge is -2.40. The number of nitrogens with two attached hydrogens (primary N) is 1. The van der Waals surface area contributed by atoms with Crippen molar-refractivity contribution in [2.45, 2.75) is 18.4 Å². The summed E-state index contributed by atoms with van der Waals surface area (Å²) in [5.74, 6) is -0.575. The van der Waals surface area contributed by atoms with E-state index >= 15 is 0 Å². The summed E-state index contributed by atoms with van der Waals surface area (Å²) in [4.78, 5) is 20.3. The van der Waals surface area contributed by atoms with E-state index in [0.717, 1.165) is 21.6 Å². The standard InChI is InChI=1S/C24H19N5OS/c1-24(20-11-19(14-31-20)18-5-3-4-16(10-18)13-26)21(22(30)29(2)23(27)28-24)17-8-6-15(12-25)7-9-17/h3-11,14,21H,1-2H3,(H2,27,28)/t21-,24-/m1/s1. The summed E-state index contributed by atoms with van der Waals surface area (Å²) in [5.41, 5.74) is 8.97. The van der Waals surface area contributed by atoms with E-state index < -0.39 is 11.5 Å². The summed E-state index contributed by atoms with van der Waals surface area (Å²) in [6, 6.07) is 20.7. The Kier molecular flexibility index (Phi) is 5.06. The predicted molar refractivity (Wildman–Crippen MR) is 120 cm³/mol. The Morgan fingerprint density at radius 1 is 1.06 bits per heavy atom. The number of amides is 1. The third kappa shape index (κ3) is 3.46. The highest BCUT2D eigenvalue weighted by molar-refractivity contribution is 7.10. The number of rotatable bonds is 3. The second kappa shape index (κ2) is 7.71. The zero-order valence-corrected chi connectivity index (χ0v) is 17.9. The molecule has 1 aromatic heterocycles. The predicted octanol–water partition coefficient (Wildman–Crippen LogP) is 3.94. The van der Waals surface area contributed by atoms with Crippen molar-refractivity contribution >= 4 is 23.2 Å². The Bertz CT molecular complexity index is 1280. The van der Waals surface area contributed by atoms with Crippen molar-refractivity contribution in [2.24, 2.45) is 10.7 Å². The minimum atomic E-state index is -0.905. The normalized spacial score (nSPS) is 20.6. The fraction of sp³-hybridized carbons (Fsp3) is 0.167. The van der Waals surface area contributed by atoms with Crippen LogP contribution in [0.2, 0.25) is 0 Å². The van der Waals surface area contributed by atoms with Gasteiger partial charge in [0, 0.05) is 11.9 Å². The second-order valence-corrected chi connectivity index (χ2v) is 8.49. The number of nitriles is 2. The van der Waals surface area contributed by atoms with Crippen molar-refractivity contribution < 1.29 is 4.79 Å². The Labute approximate surface area is 184 Å². The molecule has 0 saturated carbocycles. The van der Waals surface area contributed by atoms with Crippen molar-refractivity contribution in [1.82, 2.24) is 4.90 Å². The van der Waals surface area contributed by atoms with Gasteiger partial charge < -0.3 is 5.73 Å². The van der Waals surface area contributed by atoms with Crippen molar-refractivity contribution in [3.8, 4) is 23.3 Å². The van der Waals surface area contributed by atoms with Gasteiger partial charge in [-0.05, 0) is 59.3 Å². The highest BCUT2D eigenvalue weighted by atomic mass is 32.1. The smallest absolute Gasteiger partial charge is 0.239 e. The van der Waals surface area contributed by atoms with Crippen molar-refractivity contribution in [3.05, 3.63) is 81.5 Å². The molecule has 3 aromatic rings. The molecule has 2 aromatic carbocycles. The molecule has 152 valence electrons. The van der Waals surface area contributed by atoms with E-state index in [2.05, 4.69) is 12.1 Å². The Morgan fingerprint density at radius 3 is 2.45 bits per heavy atom. The fourth-order valence-electron chi connectivity index (χ4n) is 3.86. The maximum absolute atomic E-state index is 13.3. The van der Waals surface area contributed by atoms with E-state index in [1.165, 1.54) is 16.2 Å². The lowest BCUT2D eigenvalue weighted by atomic mass is 9.77. The Morgan fingerprint density at radius 2 is 1.77 bits per heavy atom. The van der Waals surface area contributed by atoms with Gasteiger partial charge in [-0.3, -0.25) is 9.69 Å². The summed E-state index contributed by atoms with van der Waals surface area (Å²) in [6.07, 6.45) is 0. The van der Waals surface area contributed by atoms with Gasteiger partial charge in [0.1, 0.15) is 5.54 Å². The molecule has 31 heavy (non-hydrogen) atoms. The Hall–Kier alpha value is -3.94. The zero-order chi connectivity index (χ0) is 22.2. The molecule has 2 N–H and O–H groups in total. The van der Waals surface area contributed by atoms with Gasteiger partial charge in [0.15, 0.2) is 5.96 Å². The fourth-order valence-corrected chi connectivity index (χ4v) is 4.92. The highest BCUT2D eigenvalue weighted by Gasteiger charge is 2.48. The number of thiophene rings is 1. The number of hydrogen-bond donors (Lipinski definition) is 1. The molecule has 4 rings (SSSR count). The van der Waals surface area contributed by atoms with Crippen molar-refractivity contribution in [2.75, 3.05) is 7.05 Å². The average molecular weight is 426 g/mol. The summed E-state index contributed by atoms with van der Waals surface area (Å²) >= 11 is 1.51. The van der Waals surface area contributed by atoms with Crippen LogP contribution in [0.3, 0.4) is 0 Å². The molecular weight excluding hydrogens is 406 g/mol. The van der Waals surface area contributed by atoms with Crippen LogP contribution in [-0.2, 0) is 10.3 Å². The number of aliphatic imine (C=N–C) groups is 1. The molecule has 0 bridgehead atoms. The van der Waals surface area contributed by atoms with Crippen LogP contribution in [0.4, 0.5) is 0 Å². The first kappa shape index (κ1) is 20.3. The topological polar surface area (TPSA) is 106 Å². The van der Waals surface area contributed by atoms with Gasteiger partial charge in [-0.1, -0.05) is 24.3 Å². The number of guanidine groups is 1. The zero-order valence-electron chi connectivity index (χ0n) is 17.0. The molecule has 0 aliphatic carbocycles. The maximum atomic E-state index is 13.3. The van der Waals surface area contributed by atoms with E-state index in [-0.39, 0.29) is 11.9 Å². The molecule has 0 fully saturated rings. The molecule has 2 atom stereocenters. The van der Waals surface area contributed by atoms with Crippen LogP contribution in [0.15, 0.2) is 65.0 Å². The SMILES string of the molecule is CN1C(=O)[C@@H](c2ccc(C#N)cc2)[C@@](C)(c2cc(-c3cccc(C#N)c3)cs2)N=C1N. The van der Waals surface area contributed by atoms with Crippen molar-refractivity contribution in [3.63, 3.8) is 0 Å². The van der Waals surface area contributed by atoms with Crippen LogP contribution in [0.5, 0.6) is 0 Å². The molecule has 0 radical (unpaired) electrons. The van der Waals surface area contributed by atoms with Gasteiger partial charge in [0.25, 0.3) is 0 Å². The van der Waals surface area contributed by atoms with E-state index in [1.54, 1.807) is 37.4 Å². The molecular formula is C24H19N5OS. The number of carbonyl (C=O) groups excluding carboxylic acids is 1. The van der Waals surface area contributed by atoms with Crippen LogP contribution in [0.1, 0.15) is 34.4 Å². The van der Waals surface area contributed by atoms with Crippen LogP contribution in [0, 0.1) is 22.7 Å². The van der Waals surface area contributed by atoms with Crippen LogP contribution >= 0.6 is 11.3 Å². The number of carbonyl (C=O) groups is 1. The first-order valence-electron chi connectivity index (χ1n) is 9.60. The lowest BCUT2D eigenvalue weighted by Crippen LogP contribution is -2.52. The van der Waals surface area contributed by atoms with Gasteiger partial charge in [-0.25, -0.2) is 4.99 Å². The molecule has 1 aliphatic rings. The molecule has 2 heterocycles. The lowest BCUT2D eigenvalue weighted by molar-refractivity contribution is -0.130. The first-order chi connectivity index (χ1) is 14.9.